The van der Waals surface area contributed by atoms with Gasteiger partial charge in [-0.2, -0.15) is 14.5 Å². The van der Waals surface area contributed by atoms with Crippen molar-refractivity contribution in [1.29, 1.82) is 0 Å². The molecule has 0 bridgehead atoms. The van der Waals surface area contributed by atoms with Crippen LogP contribution in [-0.2, 0) is 6.54 Å². The van der Waals surface area contributed by atoms with Gasteiger partial charge in [-0.3, -0.25) is 5.10 Å². The quantitative estimate of drug-likeness (QED) is 0.777. The fourth-order valence-corrected chi connectivity index (χ4v) is 1.05. The second-order valence-electron chi connectivity index (χ2n) is 2.88. The van der Waals surface area contributed by atoms with E-state index in [1.807, 2.05) is 0 Å². The maximum atomic E-state index is 13.1. The first-order valence-electron chi connectivity index (χ1n) is 4.26. The number of pyridine rings is 1. The Morgan fingerprint density at radius 1 is 1.25 bits per heavy atom. The molecular formula is C8H6F3N5. The topological polar surface area (TPSA) is 66.5 Å². The highest BCUT2D eigenvalue weighted by molar-refractivity contribution is 5.36. The van der Waals surface area contributed by atoms with E-state index in [0.717, 1.165) is 0 Å². The standard InChI is InChI=1S/C8H6F3N5/c9-4-1-5(10)8(15-7(4)11)12-2-6-13-3-14-16-6/h1,3H,2H2,(H,12,15)(H,13,14,16). The van der Waals surface area contributed by atoms with Crippen LogP contribution >= 0.6 is 0 Å². The molecule has 84 valence electrons. The molecule has 0 fully saturated rings. The Morgan fingerprint density at radius 3 is 2.75 bits per heavy atom. The minimum atomic E-state index is -1.36. The van der Waals surface area contributed by atoms with Gasteiger partial charge in [0.1, 0.15) is 12.2 Å². The average molecular weight is 229 g/mol. The van der Waals surface area contributed by atoms with Gasteiger partial charge in [-0.05, 0) is 0 Å². The van der Waals surface area contributed by atoms with Crippen molar-refractivity contribution in [3.63, 3.8) is 0 Å². The summed E-state index contributed by atoms with van der Waals surface area (Å²) in [5.41, 5.74) is 0. The molecule has 5 nitrogen and oxygen atoms in total. The van der Waals surface area contributed by atoms with E-state index in [-0.39, 0.29) is 12.4 Å². The highest BCUT2D eigenvalue weighted by Crippen LogP contribution is 2.14. The molecule has 0 aliphatic carbocycles. The summed E-state index contributed by atoms with van der Waals surface area (Å²) in [5.74, 6) is -3.62. The zero-order valence-corrected chi connectivity index (χ0v) is 7.84. The summed E-state index contributed by atoms with van der Waals surface area (Å²) < 4.78 is 38.3. The average Bonchev–Trinajstić information content (AvgIpc) is 2.74. The summed E-state index contributed by atoms with van der Waals surface area (Å²) >= 11 is 0. The lowest BCUT2D eigenvalue weighted by molar-refractivity contribution is 0.466. The summed E-state index contributed by atoms with van der Waals surface area (Å²) in [4.78, 5) is 6.84. The fourth-order valence-electron chi connectivity index (χ4n) is 1.05. The number of halogens is 3. The van der Waals surface area contributed by atoms with E-state index in [9.17, 15) is 13.2 Å². The molecule has 16 heavy (non-hydrogen) atoms. The number of anilines is 1. The van der Waals surface area contributed by atoms with E-state index in [1.165, 1.54) is 6.33 Å². The smallest absolute Gasteiger partial charge is 0.251 e. The van der Waals surface area contributed by atoms with Crippen LogP contribution in [0.3, 0.4) is 0 Å². The Hall–Kier alpha value is -2.12. The van der Waals surface area contributed by atoms with Gasteiger partial charge in [0, 0.05) is 6.07 Å². The molecule has 0 atom stereocenters. The number of H-pyrrole nitrogens is 1. The third-order valence-corrected chi connectivity index (χ3v) is 1.77. The number of hydrogen-bond donors (Lipinski definition) is 2. The number of rotatable bonds is 3. The molecule has 0 radical (unpaired) electrons. The second kappa shape index (κ2) is 4.17. The molecule has 0 saturated heterocycles. The zero-order chi connectivity index (χ0) is 11.5. The molecule has 0 amide bonds. The first-order valence-corrected chi connectivity index (χ1v) is 4.26. The molecule has 2 N–H and O–H groups in total. The van der Waals surface area contributed by atoms with Gasteiger partial charge in [-0.1, -0.05) is 0 Å². The Bertz CT molecular complexity index is 485. The molecule has 0 aliphatic rings. The molecule has 8 heteroatoms. The highest BCUT2D eigenvalue weighted by Gasteiger charge is 2.11. The maximum Gasteiger partial charge on any atom is 0.251 e. The van der Waals surface area contributed by atoms with Crippen molar-refractivity contribution in [1.82, 2.24) is 20.2 Å². The summed E-state index contributed by atoms with van der Waals surface area (Å²) in [7, 11) is 0. The van der Waals surface area contributed by atoms with Crippen LogP contribution in [0.5, 0.6) is 0 Å². The SMILES string of the molecule is Fc1cc(F)c(NCc2ncn[nH]2)nc1F. The molecule has 0 aliphatic heterocycles. The molecule has 2 aromatic rings. The lowest BCUT2D eigenvalue weighted by atomic mass is 10.4. The van der Waals surface area contributed by atoms with Gasteiger partial charge in [0.05, 0.1) is 6.54 Å². The minimum absolute atomic E-state index is 0.0784. The molecule has 0 unspecified atom stereocenters. The van der Waals surface area contributed by atoms with Crippen LogP contribution in [0.4, 0.5) is 19.0 Å². The number of aromatic amines is 1. The summed E-state index contributed by atoms with van der Waals surface area (Å²) in [6.45, 7) is 0.0784. The van der Waals surface area contributed by atoms with Crippen LogP contribution < -0.4 is 5.32 Å². The van der Waals surface area contributed by atoms with Gasteiger partial charge < -0.3 is 5.32 Å². The number of hydrogen-bond acceptors (Lipinski definition) is 4. The van der Waals surface area contributed by atoms with Crippen molar-refractivity contribution in [2.75, 3.05) is 5.32 Å². The van der Waals surface area contributed by atoms with E-state index in [0.29, 0.717) is 11.9 Å². The zero-order valence-electron chi connectivity index (χ0n) is 7.84. The van der Waals surface area contributed by atoms with E-state index < -0.39 is 17.6 Å². The molecule has 2 rings (SSSR count). The lowest BCUT2D eigenvalue weighted by Crippen LogP contribution is -2.07. The molecular weight excluding hydrogens is 223 g/mol. The van der Waals surface area contributed by atoms with Crippen molar-refractivity contribution in [3.05, 3.63) is 35.8 Å². The molecule has 2 heterocycles. The lowest BCUT2D eigenvalue weighted by Gasteiger charge is -2.04. The van der Waals surface area contributed by atoms with Gasteiger partial charge in [0.2, 0.25) is 0 Å². The Labute approximate surface area is 87.7 Å². The van der Waals surface area contributed by atoms with Crippen molar-refractivity contribution in [3.8, 4) is 0 Å². The second-order valence-corrected chi connectivity index (χ2v) is 2.88. The van der Waals surface area contributed by atoms with Crippen LogP contribution in [0, 0.1) is 17.6 Å². The molecule has 2 aromatic heterocycles. The van der Waals surface area contributed by atoms with Gasteiger partial charge in [-0.25, -0.2) is 13.8 Å². The third kappa shape index (κ3) is 2.10. The van der Waals surface area contributed by atoms with Gasteiger partial charge in [0.15, 0.2) is 17.5 Å². The molecule has 0 spiro atoms. The predicted molar refractivity (Wildman–Crippen MR) is 47.8 cm³/mol. The number of nitrogens with one attached hydrogen (secondary N) is 2. The van der Waals surface area contributed by atoms with Crippen molar-refractivity contribution in [2.24, 2.45) is 0 Å². The summed E-state index contributed by atoms with van der Waals surface area (Å²) in [6.07, 6.45) is 1.27. The Morgan fingerprint density at radius 2 is 2.06 bits per heavy atom. The van der Waals surface area contributed by atoms with Crippen LogP contribution in [0.2, 0.25) is 0 Å². The summed E-state index contributed by atoms with van der Waals surface area (Å²) in [5, 5.41) is 8.53. The highest BCUT2D eigenvalue weighted by atomic mass is 19.2. The molecule has 0 aromatic carbocycles. The molecule has 0 saturated carbocycles. The largest absolute Gasteiger partial charge is 0.360 e. The Balaban J connectivity index is 2.12. The number of aromatic nitrogens is 4. The first-order chi connectivity index (χ1) is 7.66. The van der Waals surface area contributed by atoms with Gasteiger partial charge in [-0.15, -0.1) is 0 Å². The monoisotopic (exact) mass is 229 g/mol. The van der Waals surface area contributed by atoms with Crippen molar-refractivity contribution >= 4 is 5.82 Å². The van der Waals surface area contributed by atoms with Gasteiger partial charge in [0.25, 0.3) is 5.95 Å². The Kier molecular flexibility index (Phi) is 2.71. The van der Waals surface area contributed by atoms with Crippen LogP contribution in [0.15, 0.2) is 12.4 Å². The van der Waals surface area contributed by atoms with E-state index >= 15 is 0 Å². The van der Waals surface area contributed by atoms with Crippen LogP contribution in [0.1, 0.15) is 5.82 Å². The van der Waals surface area contributed by atoms with E-state index in [4.69, 9.17) is 0 Å². The van der Waals surface area contributed by atoms with Crippen LogP contribution in [0.25, 0.3) is 0 Å². The first kappa shape index (κ1) is 10.4. The third-order valence-electron chi connectivity index (χ3n) is 1.77. The summed E-state index contributed by atoms with van der Waals surface area (Å²) in [6, 6.07) is 0.422. The van der Waals surface area contributed by atoms with Gasteiger partial charge >= 0.3 is 0 Å². The van der Waals surface area contributed by atoms with E-state index in [2.05, 4.69) is 25.5 Å². The van der Waals surface area contributed by atoms with E-state index in [1.54, 1.807) is 0 Å². The fraction of sp³-hybridized carbons (Fsp3) is 0.125. The van der Waals surface area contributed by atoms with Crippen molar-refractivity contribution in [2.45, 2.75) is 6.54 Å². The van der Waals surface area contributed by atoms with Crippen molar-refractivity contribution < 1.29 is 13.2 Å². The predicted octanol–water partition coefficient (Wildman–Crippen LogP) is 1.23. The number of nitrogens with zero attached hydrogens (tertiary/aromatic N) is 3. The normalized spacial score (nSPS) is 10.4. The van der Waals surface area contributed by atoms with Crippen LogP contribution in [-0.4, -0.2) is 20.2 Å². The minimum Gasteiger partial charge on any atom is -0.360 e. The maximum absolute atomic E-state index is 13.1.